The van der Waals surface area contributed by atoms with Crippen LogP contribution < -0.4 is 5.73 Å². The lowest BCUT2D eigenvalue weighted by Gasteiger charge is -2.10. The highest BCUT2D eigenvalue weighted by molar-refractivity contribution is 6.30. The van der Waals surface area contributed by atoms with Crippen molar-refractivity contribution in [3.8, 4) is 12.3 Å². The fourth-order valence-corrected chi connectivity index (χ4v) is 1.75. The normalized spacial score (nSPS) is 12.1. The molecule has 0 radical (unpaired) electrons. The second-order valence-corrected chi connectivity index (χ2v) is 4.13. The summed E-state index contributed by atoms with van der Waals surface area (Å²) in [6.45, 7) is 0. The van der Waals surface area contributed by atoms with E-state index in [1.165, 1.54) is 5.56 Å². The molecule has 2 N–H and O–H groups in total. The van der Waals surface area contributed by atoms with Crippen molar-refractivity contribution < 1.29 is 0 Å². The van der Waals surface area contributed by atoms with Gasteiger partial charge in [-0.15, -0.1) is 12.3 Å². The van der Waals surface area contributed by atoms with Crippen LogP contribution in [0.5, 0.6) is 0 Å². The van der Waals surface area contributed by atoms with Gasteiger partial charge in [0, 0.05) is 17.5 Å². The molecular formula is C13H16ClN. The van der Waals surface area contributed by atoms with Gasteiger partial charge < -0.3 is 5.73 Å². The monoisotopic (exact) mass is 221 g/mol. The lowest BCUT2D eigenvalue weighted by Crippen LogP contribution is -2.22. The molecule has 0 heterocycles. The number of rotatable bonds is 5. The van der Waals surface area contributed by atoms with Gasteiger partial charge in [0.25, 0.3) is 0 Å². The van der Waals surface area contributed by atoms with Gasteiger partial charge in [-0.25, -0.2) is 0 Å². The van der Waals surface area contributed by atoms with Gasteiger partial charge in [0.15, 0.2) is 0 Å². The molecule has 2 heteroatoms. The first-order valence-electron chi connectivity index (χ1n) is 5.16. The number of unbranched alkanes of at least 4 members (excludes halogenated alkanes) is 1. The average Bonchev–Trinajstić information content (AvgIpc) is 2.18. The van der Waals surface area contributed by atoms with Crippen LogP contribution >= 0.6 is 11.6 Å². The number of nitrogens with two attached hydrogens (primary N) is 1. The number of terminal acetylenes is 1. The molecule has 0 aromatic heterocycles. The second-order valence-electron chi connectivity index (χ2n) is 3.69. The molecule has 1 unspecified atom stereocenters. The molecule has 0 spiro atoms. The fraction of sp³-hybridized carbons (Fsp3) is 0.385. The summed E-state index contributed by atoms with van der Waals surface area (Å²) >= 11 is 5.89. The van der Waals surface area contributed by atoms with E-state index in [4.69, 9.17) is 23.8 Å². The predicted molar refractivity (Wildman–Crippen MR) is 65.8 cm³/mol. The van der Waals surface area contributed by atoms with E-state index >= 15 is 0 Å². The Balaban J connectivity index is 2.38. The largest absolute Gasteiger partial charge is 0.327 e. The van der Waals surface area contributed by atoms with E-state index in [2.05, 4.69) is 5.92 Å². The van der Waals surface area contributed by atoms with Gasteiger partial charge in [-0.3, -0.25) is 0 Å². The van der Waals surface area contributed by atoms with Crippen LogP contribution in [0.15, 0.2) is 24.3 Å². The van der Waals surface area contributed by atoms with Crippen molar-refractivity contribution in [1.82, 2.24) is 0 Å². The molecular weight excluding hydrogens is 206 g/mol. The first kappa shape index (κ1) is 12.1. The first-order chi connectivity index (χ1) is 7.22. The summed E-state index contributed by atoms with van der Waals surface area (Å²) in [6.07, 6.45) is 8.82. The van der Waals surface area contributed by atoms with Gasteiger partial charge in [-0.1, -0.05) is 23.7 Å². The zero-order valence-corrected chi connectivity index (χ0v) is 9.50. The lowest BCUT2D eigenvalue weighted by molar-refractivity contribution is 0.587. The third kappa shape index (κ3) is 4.88. The Morgan fingerprint density at radius 1 is 1.47 bits per heavy atom. The Bertz CT molecular complexity index is 341. The zero-order valence-electron chi connectivity index (χ0n) is 8.75. The smallest absolute Gasteiger partial charge is 0.0408 e. The molecule has 1 aromatic carbocycles. The van der Waals surface area contributed by atoms with Crippen LogP contribution in [0.2, 0.25) is 5.02 Å². The molecule has 0 saturated heterocycles. The highest BCUT2D eigenvalue weighted by Crippen LogP contribution is 2.13. The Morgan fingerprint density at radius 3 is 2.93 bits per heavy atom. The molecule has 0 aliphatic heterocycles. The maximum Gasteiger partial charge on any atom is 0.0408 e. The zero-order chi connectivity index (χ0) is 11.1. The SMILES string of the molecule is C#CCCCC(N)Cc1cccc(Cl)c1. The van der Waals surface area contributed by atoms with Crippen LogP contribution in [-0.4, -0.2) is 6.04 Å². The number of hydrogen-bond acceptors (Lipinski definition) is 1. The van der Waals surface area contributed by atoms with Crippen LogP contribution in [0.4, 0.5) is 0 Å². The molecule has 0 amide bonds. The maximum atomic E-state index is 5.98. The van der Waals surface area contributed by atoms with Gasteiger partial charge in [0.2, 0.25) is 0 Å². The van der Waals surface area contributed by atoms with Crippen LogP contribution in [0.3, 0.4) is 0 Å². The number of halogens is 1. The molecule has 0 aliphatic carbocycles. The Hall–Kier alpha value is -0.970. The van der Waals surface area contributed by atoms with Crippen molar-refractivity contribution >= 4 is 11.6 Å². The molecule has 0 bridgehead atoms. The van der Waals surface area contributed by atoms with Gasteiger partial charge >= 0.3 is 0 Å². The molecule has 15 heavy (non-hydrogen) atoms. The molecule has 1 nitrogen and oxygen atoms in total. The van der Waals surface area contributed by atoms with E-state index < -0.39 is 0 Å². The summed E-state index contributed by atoms with van der Waals surface area (Å²) in [5, 5.41) is 0.767. The molecule has 0 fully saturated rings. The van der Waals surface area contributed by atoms with E-state index in [-0.39, 0.29) is 6.04 Å². The van der Waals surface area contributed by atoms with E-state index in [1.54, 1.807) is 0 Å². The minimum Gasteiger partial charge on any atom is -0.327 e. The van der Waals surface area contributed by atoms with E-state index in [9.17, 15) is 0 Å². The average molecular weight is 222 g/mol. The molecule has 0 aliphatic rings. The van der Waals surface area contributed by atoms with Crippen molar-refractivity contribution in [1.29, 1.82) is 0 Å². The summed E-state index contributed by atoms with van der Waals surface area (Å²) in [7, 11) is 0. The summed E-state index contributed by atoms with van der Waals surface area (Å²) in [6, 6.07) is 8.01. The standard InChI is InChI=1S/C13H16ClN/c1-2-3-4-8-13(15)10-11-6-5-7-12(14)9-11/h1,5-7,9,13H,3-4,8,10,15H2. The Labute approximate surface area is 96.6 Å². The van der Waals surface area contributed by atoms with Gasteiger partial charge in [-0.05, 0) is 37.0 Å². The van der Waals surface area contributed by atoms with Crippen molar-refractivity contribution in [2.45, 2.75) is 31.7 Å². The summed E-state index contributed by atoms with van der Waals surface area (Å²) in [4.78, 5) is 0. The van der Waals surface area contributed by atoms with Gasteiger partial charge in [-0.2, -0.15) is 0 Å². The van der Waals surface area contributed by atoms with Crippen molar-refractivity contribution in [3.63, 3.8) is 0 Å². The van der Waals surface area contributed by atoms with E-state index in [0.29, 0.717) is 0 Å². The van der Waals surface area contributed by atoms with Crippen molar-refractivity contribution in [2.75, 3.05) is 0 Å². The highest BCUT2D eigenvalue weighted by Gasteiger charge is 2.03. The fourth-order valence-electron chi connectivity index (χ4n) is 1.54. The first-order valence-corrected chi connectivity index (χ1v) is 5.53. The summed E-state index contributed by atoms with van der Waals surface area (Å²) < 4.78 is 0. The number of benzene rings is 1. The molecule has 80 valence electrons. The van der Waals surface area contributed by atoms with Crippen LogP contribution in [-0.2, 0) is 6.42 Å². The molecule has 1 atom stereocenters. The Morgan fingerprint density at radius 2 is 2.27 bits per heavy atom. The van der Waals surface area contributed by atoms with Gasteiger partial charge in [0.1, 0.15) is 0 Å². The lowest BCUT2D eigenvalue weighted by atomic mass is 10.0. The third-order valence-electron chi connectivity index (χ3n) is 2.28. The third-order valence-corrected chi connectivity index (χ3v) is 2.52. The molecule has 0 saturated carbocycles. The second kappa shape index (κ2) is 6.50. The van der Waals surface area contributed by atoms with Crippen LogP contribution in [0, 0.1) is 12.3 Å². The molecule has 1 aromatic rings. The quantitative estimate of drug-likeness (QED) is 0.601. The topological polar surface area (TPSA) is 26.0 Å². The minimum atomic E-state index is 0.178. The minimum absolute atomic E-state index is 0.178. The maximum absolute atomic E-state index is 5.98. The van der Waals surface area contributed by atoms with Crippen LogP contribution in [0.1, 0.15) is 24.8 Å². The van der Waals surface area contributed by atoms with Crippen LogP contribution in [0.25, 0.3) is 0 Å². The van der Waals surface area contributed by atoms with Gasteiger partial charge in [0.05, 0.1) is 0 Å². The highest BCUT2D eigenvalue weighted by atomic mass is 35.5. The number of hydrogen-bond donors (Lipinski definition) is 1. The Kier molecular flexibility index (Phi) is 5.25. The van der Waals surface area contributed by atoms with Crippen molar-refractivity contribution in [2.24, 2.45) is 5.73 Å². The summed E-state index contributed by atoms with van der Waals surface area (Å²) in [5.74, 6) is 2.62. The summed E-state index contributed by atoms with van der Waals surface area (Å²) in [5.41, 5.74) is 7.18. The molecule has 1 rings (SSSR count). The van der Waals surface area contributed by atoms with E-state index in [1.807, 2.05) is 24.3 Å². The van der Waals surface area contributed by atoms with Crippen molar-refractivity contribution in [3.05, 3.63) is 34.9 Å². The predicted octanol–water partition coefficient (Wildman–Crippen LogP) is 3.01. The van der Waals surface area contributed by atoms with E-state index in [0.717, 1.165) is 30.7 Å².